The van der Waals surface area contributed by atoms with Crippen LogP contribution in [0.3, 0.4) is 0 Å². The topological polar surface area (TPSA) is 162 Å². The number of piperidine rings is 1. The van der Waals surface area contributed by atoms with E-state index in [0.717, 1.165) is 42.5 Å². The zero-order valence-corrected chi connectivity index (χ0v) is 103. The number of amides is 3. The average Bonchev–Trinajstić information content (AvgIpc) is 0.853. The molecule has 3 aliphatic heterocycles. The summed E-state index contributed by atoms with van der Waals surface area (Å²) in [5.74, 6) is 6.28. The van der Waals surface area contributed by atoms with Crippen molar-refractivity contribution < 1.29 is 14.4 Å². The summed E-state index contributed by atoms with van der Waals surface area (Å²) in [6, 6.07) is 0. The van der Waals surface area contributed by atoms with E-state index < -0.39 is 0 Å². The number of hydrogen-bond donors (Lipinski definition) is 2. The van der Waals surface area contributed by atoms with Crippen LogP contribution in [0.2, 0.25) is 5.28 Å². The summed E-state index contributed by atoms with van der Waals surface area (Å²) in [5, 5.41) is 5.78. The number of rotatable bonds is 2. The maximum absolute atomic E-state index is 11.5. The van der Waals surface area contributed by atoms with Gasteiger partial charge in [0.2, 0.25) is 34.9 Å². The SMILES string of the molecule is C.C#Cc1cnc(N2CCN(C)C(=O)C2)nc1.C#Cc1cnc(N2CCNC(=O)C2)nc1.CI.Clc1ncc(I)cn1.O=C1CCCCN1.S=S=S=S=S=S=S=S=S=S=S=S=S=S=S=S=S=S=S=S=S=S=S=S=S=S=S=S=S=S=S=S=S=S=S=S=S=S=S=S=S=S=S=S=S=S=S=S=S=S=S=S=S=S=S=S=S=S. The molecule has 2 N–H and O–H groups in total. The van der Waals surface area contributed by atoms with Crippen molar-refractivity contribution in [3.63, 3.8) is 0 Å². The summed E-state index contributed by atoms with van der Waals surface area (Å²) in [7, 11) is 102. The second kappa shape index (κ2) is 92.5. The molecular weight excluding hydrogens is 2740 g/mol. The lowest BCUT2D eigenvalue weighted by molar-refractivity contribution is -0.129. The van der Waals surface area contributed by atoms with Gasteiger partial charge in [-0.05, 0) is 52.0 Å². The molecule has 0 unspecified atom stereocenters. The van der Waals surface area contributed by atoms with E-state index in [1.165, 1.54) is 17.8 Å². The predicted molar refractivity (Wildman–Crippen MR) is 635 cm³/mol. The van der Waals surface area contributed by atoms with Crippen LogP contribution in [0.4, 0.5) is 11.9 Å². The quantitative estimate of drug-likeness (QED) is 0.167. The first-order chi connectivity index (χ1) is 52.1. The van der Waals surface area contributed by atoms with Gasteiger partial charge in [-0.25, -0.2) is 29.9 Å². The fraction of sp³-hybridized carbons (Fsp3) is 0.406. The highest BCUT2D eigenvalue weighted by Crippen LogP contribution is 2.11. The molecule has 75 heteroatoms. The minimum atomic E-state index is -0.00845. The normalized spacial score (nSPS) is 11.0. The number of nitrogens with one attached hydrogen (secondary N) is 2. The van der Waals surface area contributed by atoms with Gasteiger partial charge < -0.3 is 25.3 Å². The lowest BCUT2D eigenvalue weighted by Gasteiger charge is -2.31. The molecule has 6 rings (SSSR count). The molecule has 0 aliphatic carbocycles. The molecule has 610 valence electrons. The molecule has 3 fully saturated rings. The number of piperazine rings is 2. The number of likely N-dealkylation sites (N-methyl/N-ethyl adjacent to an activating group) is 1. The summed E-state index contributed by atoms with van der Waals surface area (Å²) in [6.45, 7) is 4.30. The predicted octanol–water partition coefficient (Wildman–Crippen LogP) is 2.70. The molecule has 0 aromatic carbocycles. The molecule has 6 heterocycles. The Balaban J connectivity index is 0.00000179. The fourth-order valence-electron chi connectivity index (χ4n) is 4.49. The van der Waals surface area contributed by atoms with E-state index in [-0.39, 0.29) is 25.1 Å². The van der Waals surface area contributed by atoms with E-state index in [0.29, 0.717) is 54.5 Å². The van der Waals surface area contributed by atoms with Crippen LogP contribution in [0.15, 0.2) is 37.2 Å². The van der Waals surface area contributed by atoms with Crippen molar-refractivity contribution in [2.45, 2.75) is 26.7 Å². The third kappa shape index (κ3) is 78.1. The smallest absolute Gasteiger partial charge is 0.242 e. The molecule has 0 atom stereocenters. The molecule has 3 saturated heterocycles. The third-order valence-electron chi connectivity index (χ3n) is 7.94. The van der Waals surface area contributed by atoms with Crippen molar-refractivity contribution >= 4 is 606 Å². The number of carbonyl (C=O) groups is 3. The van der Waals surface area contributed by atoms with E-state index in [1.807, 2.05) is 388 Å². The number of anilines is 2. The Morgan fingerprint density at radius 3 is 0.850 bits per heavy atom. The first-order valence-corrected chi connectivity index (χ1v) is 104. The maximum atomic E-state index is 11.5. The number of hydrogen-bond acceptors (Lipinski definition) is 13. The highest BCUT2D eigenvalue weighted by Gasteiger charge is 2.22. The summed E-state index contributed by atoms with van der Waals surface area (Å²) < 4.78 is 0.993. The van der Waals surface area contributed by atoms with E-state index in [1.54, 1.807) is 156 Å². The highest BCUT2D eigenvalue weighted by atomic mass is 127. The fourth-order valence-corrected chi connectivity index (χ4v) is 153. The zero-order chi connectivity index (χ0) is 76.9. The van der Waals surface area contributed by atoms with Gasteiger partial charge in [-0.2, -0.15) is 0 Å². The van der Waals surface area contributed by atoms with E-state index >= 15 is 0 Å². The van der Waals surface area contributed by atoms with Crippen molar-refractivity contribution in [3.8, 4) is 24.7 Å². The van der Waals surface area contributed by atoms with Crippen molar-refractivity contribution in [2.24, 2.45) is 0 Å². The third-order valence-corrected chi connectivity index (χ3v) is 131. The Hall–Kier alpha value is 8.88. The summed E-state index contributed by atoms with van der Waals surface area (Å²) in [5.41, 5.74) is 1.28. The summed E-state index contributed by atoms with van der Waals surface area (Å²) >= 11 is 19.3. The van der Waals surface area contributed by atoms with Crippen molar-refractivity contribution in [2.75, 3.05) is 67.6 Å². The average molecular weight is 2780 g/mol. The highest BCUT2D eigenvalue weighted by molar-refractivity contribution is 14.1. The molecule has 0 spiro atoms. The van der Waals surface area contributed by atoms with E-state index in [4.69, 9.17) is 46.8 Å². The molecule has 0 radical (unpaired) electrons. The van der Waals surface area contributed by atoms with Crippen LogP contribution in [0.1, 0.15) is 37.8 Å². The number of terminal acetylenes is 2. The van der Waals surface area contributed by atoms with Crippen LogP contribution in [-0.4, -0.2) is 110 Å². The number of carbonyl (C=O) groups excluding carboxylic acids is 3. The standard InChI is InChI=1S/C11H12N4O.C10H10N4O.C5H9NO.C4H2ClIN2.CH3I.CH4.S58/c1-3-9-6-12-11(13-7-9)15-5-4-14(2)10(16)8-15;1-2-8-5-12-10(13-6-8)14-4-3-11-9(15)7-14;7-5-3-1-2-4-6-5;5-4-7-1-3(6)2-8-4;1-2;;1-3-5-7-9-11-13-15-17-19-21-23-25-27-29-31-33-35-37-39-41-43-45-47-49-51-53-55-57-58-56-54-52-50-48-46-44-42-40-38-36-34-32-30-28-26-24-22-20-18-16-14-12-10-8-6-4-2/h1,6-7H,4-5,8H2,2H3;1,5-6H,3-4,7H2,(H,11,15);1-4H2,(H,6,7);1-2H;1H3;1H4;. The van der Waals surface area contributed by atoms with Crippen molar-refractivity contribution in [1.82, 2.24) is 45.4 Å². The van der Waals surface area contributed by atoms with E-state index in [2.05, 4.69) is 97.6 Å². The second-order valence-electron chi connectivity index (χ2n) is 13.6. The zero-order valence-electron chi connectivity index (χ0n) is 50.3. The molecule has 0 saturated carbocycles. The first kappa shape index (κ1) is 116. The molecule has 3 amide bonds. The largest absolute Gasteiger partial charge is 0.356 e. The molecule has 0 bridgehead atoms. The summed E-state index contributed by atoms with van der Waals surface area (Å²) in [4.78, 5) is 64.2. The Morgan fingerprint density at radius 1 is 0.383 bits per heavy atom. The monoisotopic (exact) mass is 2770 g/mol. The Bertz CT molecular complexity index is 6150. The van der Waals surface area contributed by atoms with Crippen LogP contribution in [0.25, 0.3) is 0 Å². The van der Waals surface area contributed by atoms with Crippen molar-refractivity contribution in [3.05, 3.63) is 57.2 Å². The van der Waals surface area contributed by atoms with Crippen molar-refractivity contribution in [1.29, 1.82) is 0 Å². The van der Waals surface area contributed by atoms with Gasteiger partial charge in [0.1, 0.15) is 0 Å². The van der Waals surface area contributed by atoms with Gasteiger partial charge in [0.15, 0.2) is 0 Å². The lowest BCUT2D eigenvalue weighted by atomic mass is 10.2. The van der Waals surface area contributed by atoms with Gasteiger partial charge in [-0.15, -0.1) is 12.8 Å². The molecule has 14 nitrogen and oxygen atoms in total. The second-order valence-corrected chi connectivity index (χ2v) is 114. The first-order valence-electron chi connectivity index (χ1n) is 24.0. The molecule has 3 aromatic rings. The number of aromatic nitrogens is 6. The lowest BCUT2D eigenvalue weighted by Crippen LogP contribution is -2.49. The van der Waals surface area contributed by atoms with E-state index in [9.17, 15) is 14.4 Å². The number of alkyl halides is 1. The molecule has 107 heavy (non-hydrogen) atoms. The van der Waals surface area contributed by atoms with Gasteiger partial charge in [-0.1, -0.05) is 41.9 Å². The number of nitrogens with zero attached hydrogens (tertiary/aromatic N) is 9. The van der Waals surface area contributed by atoms with Gasteiger partial charge in [0.05, 0.1) is 24.2 Å². The molecular formula is C32H40ClI2N11O3S58. The Morgan fingerprint density at radius 2 is 0.645 bits per heavy atom. The van der Waals surface area contributed by atoms with Gasteiger partial charge in [0.25, 0.3) is 0 Å². The van der Waals surface area contributed by atoms with Gasteiger partial charge in [0, 0.05) is 607 Å². The van der Waals surface area contributed by atoms with Crippen LogP contribution < -0.4 is 20.4 Å². The minimum Gasteiger partial charge on any atom is -0.356 e. The summed E-state index contributed by atoms with van der Waals surface area (Å²) in [6.07, 6.45) is 23.0. The molecule has 3 aliphatic rings. The molecule has 3 aromatic heterocycles. The minimum absolute atomic E-state index is 0. The van der Waals surface area contributed by atoms with Crippen LogP contribution in [0.5, 0.6) is 0 Å². The van der Waals surface area contributed by atoms with Gasteiger partial charge >= 0.3 is 0 Å². The maximum Gasteiger partial charge on any atom is 0.242 e. The Labute approximate surface area is 822 Å². The van der Waals surface area contributed by atoms with Crippen LogP contribution >= 0.6 is 56.8 Å². The number of halogens is 3. The Kier molecular flexibility index (Phi) is 100. The van der Waals surface area contributed by atoms with Crippen LogP contribution in [-0.2, 0) is 534 Å². The van der Waals surface area contributed by atoms with Crippen LogP contribution in [0, 0.1) is 28.3 Å². The van der Waals surface area contributed by atoms with Gasteiger partial charge in [-0.3, -0.25) is 14.4 Å².